The van der Waals surface area contributed by atoms with Crippen molar-refractivity contribution in [1.29, 1.82) is 0 Å². The maximum atomic E-state index is 9.63. The van der Waals surface area contributed by atoms with Crippen LogP contribution in [0.15, 0.2) is 148 Å². The zero-order valence-electron chi connectivity index (χ0n) is 28.2. The van der Waals surface area contributed by atoms with E-state index in [0.29, 0.717) is 16.8 Å². The summed E-state index contributed by atoms with van der Waals surface area (Å²) in [5.41, 5.74) is 5.14. The van der Waals surface area contributed by atoms with Gasteiger partial charge in [-0.15, -0.1) is 0 Å². The number of phenolic OH excluding ortho intramolecular Hbond substituents is 3. The van der Waals surface area contributed by atoms with Gasteiger partial charge in [-0.05, 0) is 50.2 Å². The number of aliphatic imine (C=N–C) groups is 1. The number of anilines is 1. The van der Waals surface area contributed by atoms with Crippen LogP contribution in [0.3, 0.4) is 0 Å². The summed E-state index contributed by atoms with van der Waals surface area (Å²) in [6.07, 6.45) is 4.01. The van der Waals surface area contributed by atoms with E-state index < -0.39 is 0 Å². The van der Waals surface area contributed by atoms with Gasteiger partial charge in [0.1, 0.15) is 23.0 Å². The van der Waals surface area contributed by atoms with Crippen LogP contribution in [0.1, 0.15) is 41.7 Å². The molecule has 0 amide bonds. The first-order valence-corrected chi connectivity index (χ1v) is 15.6. The summed E-state index contributed by atoms with van der Waals surface area (Å²) < 4.78 is 0. The number of phenols is 3. The minimum Gasteiger partial charge on any atom is -0.507 e. The number of hydrogen-bond donors (Lipinski definition) is 6. The Morgan fingerprint density at radius 2 is 0.960 bits per heavy atom. The average Bonchev–Trinajstić information content (AvgIpc) is 3.14. The van der Waals surface area contributed by atoms with Gasteiger partial charge in [-0.25, -0.2) is 0 Å². The highest BCUT2D eigenvalue weighted by Gasteiger charge is 2.06. The molecule has 50 heavy (non-hydrogen) atoms. The molecule has 0 aliphatic rings. The van der Waals surface area contributed by atoms with Crippen LogP contribution >= 0.6 is 0 Å². The van der Waals surface area contributed by atoms with Crippen LogP contribution in [0.4, 0.5) is 5.69 Å². The van der Waals surface area contributed by atoms with Crippen LogP contribution in [-0.2, 0) is 0 Å². The molecule has 260 valence electrons. The largest absolute Gasteiger partial charge is 0.507 e. The van der Waals surface area contributed by atoms with E-state index in [-0.39, 0.29) is 17.2 Å². The summed E-state index contributed by atoms with van der Waals surface area (Å²) in [7, 11) is 1.67. The normalized spacial score (nSPS) is 10.3. The van der Waals surface area contributed by atoms with Gasteiger partial charge in [-0.3, -0.25) is 4.99 Å². The van der Waals surface area contributed by atoms with E-state index >= 15 is 0 Å². The van der Waals surface area contributed by atoms with Gasteiger partial charge in [0.2, 0.25) is 0 Å². The van der Waals surface area contributed by atoms with Crippen molar-refractivity contribution in [2.45, 2.75) is 13.8 Å². The number of hydrogen-bond acceptors (Lipinski definition) is 11. The smallest absolute Gasteiger partial charge is 0.126 e. The summed E-state index contributed by atoms with van der Waals surface area (Å²) >= 11 is 0. The van der Waals surface area contributed by atoms with Crippen molar-refractivity contribution in [1.82, 2.24) is 0 Å². The van der Waals surface area contributed by atoms with Crippen molar-refractivity contribution in [2.24, 2.45) is 20.5 Å². The zero-order valence-corrected chi connectivity index (χ0v) is 28.2. The third-order valence-electron chi connectivity index (χ3n) is 6.87. The van der Waals surface area contributed by atoms with E-state index in [1.165, 1.54) is 18.5 Å². The fraction of sp³-hybridized carbons (Fsp3) is 0.128. The molecule has 0 heterocycles. The van der Waals surface area contributed by atoms with E-state index in [1.54, 1.807) is 55.7 Å². The van der Waals surface area contributed by atoms with Gasteiger partial charge in [-0.1, -0.05) is 100 Å². The van der Waals surface area contributed by atoms with Crippen molar-refractivity contribution < 1.29 is 30.9 Å². The Morgan fingerprint density at radius 1 is 0.540 bits per heavy atom. The molecule has 0 spiro atoms. The monoisotopic (exact) mass is 677 g/mol. The standard InChI is InChI=1S/C13H11NO.C11H16N2O2.C8H9NO.C7H7NO2/c15-14-13(11-7-3-1-4-8-11)12-9-5-2-6-10-12;1-3-13(4-2)10-6-5-9(8-12-15)11(14)7-10;1-9-6-7-4-2-3-5-8(7)10;9-7-4-2-1-3-6(7)5-8-10/h1-10,15H;5-8,14-15H,3-4H2,1-2H3;2-6,10H,1H3;1-5,9-10H/b;12-8+;;8-5+. The fourth-order valence-corrected chi connectivity index (χ4v) is 4.36. The minimum absolute atomic E-state index is 0.111. The van der Waals surface area contributed by atoms with Gasteiger partial charge in [0.15, 0.2) is 0 Å². The van der Waals surface area contributed by atoms with Gasteiger partial charge < -0.3 is 35.8 Å². The lowest BCUT2D eigenvalue weighted by molar-refractivity contribution is 0.319. The third-order valence-corrected chi connectivity index (χ3v) is 6.87. The van der Waals surface area contributed by atoms with Crippen LogP contribution < -0.4 is 4.90 Å². The maximum absolute atomic E-state index is 9.63. The molecule has 0 aromatic heterocycles. The summed E-state index contributed by atoms with van der Waals surface area (Å²) in [6.45, 7) is 5.90. The predicted molar refractivity (Wildman–Crippen MR) is 200 cm³/mol. The van der Waals surface area contributed by atoms with Gasteiger partial charge in [0, 0.05) is 65.9 Å². The number of rotatable bonds is 8. The van der Waals surface area contributed by atoms with Crippen molar-refractivity contribution in [3.63, 3.8) is 0 Å². The second-order valence-electron chi connectivity index (χ2n) is 10.1. The Bertz CT molecular complexity index is 1710. The first-order chi connectivity index (χ1) is 24.3. The number of nitrogens with zero attached hydrogens (tertiary/aromatic N) is 5. The third kappa shape index (κ3) is 13.2. The Balaban J connectivity index is 0.000000236. The Labute approximate surface area is 292 Å². The molecule has 5 rings (SSSR count). The van der Waals surface area contributed by atoms with Crippen molar-refractivity contribution >= 4 is 30.0 Å². The number of aromatic hydroxyl groups is 3. The first kappa shape index (κ1) is 39.6. The molecule has 5 aromatic rings. The molecule has 11 nitrogen and oxygen atoms in total. The molecule has 0 bridgehead atoms. The molecule has 11 heteroatoms. The molecule has 6 N–H and O–H groups in total. The molecule has 0 saturated carbocycles. The SMILES string of the molecule is CCN(CC)c1ccc(/C=N/O)c(O)c1.CN=Cc1ccccc1O.O/N=C/c1ccccc1O.ON=C(c1ccccc1)c1ccccc1. The Hall–Kier alpha value is -6.62. The second-order valence-corrected chi connectivity index (χ2v) is 10.1. The second kappa shape index (κ2) is 22.8. The molecule has 0 aliphatic carbocycles. The lowest BCUT2D eigenvalue weighted by Gasteiger charge is -2.21. The lowest BCUT2D eigenvalue weighted by Crippen LogP contribution is -2.21. The van der Waals surface area contributed by atoms with Gasteiger partial charge in [0.25, 0.3) is 0 Å². The van der Waals surface area contributed by atoms with E-state index in [2.05, 4.69) is 39.2 Å². The molecule has 0 unspecified atom stereocenters. The molecule has 0 aliphatic heterocycles. The Kier molecular flexibility index (Phi) is 18.1. The van der Waals surface area contributed by atoms with Crippen molar-refractivity contribution in [3.05, 3.63) is 155 Å². The number of para-hydroxylation sites is 2. The zero-order chi connectivity index (χ0) is 36.6. The first-order valence-electron chi connectivity index (χ1n) is 15.6. The average molecular weight is 678 g/mol. The van der Waals surface area contributed by atoms with Gasteiger partial charge in [-0.2, -0.15) is 0 Å². The summed E-state index contributed by atoms with van der Waals surface area (Å²) in [5, 5.41) is 62.3. The summed E-state index contributed by atoms with van der Waals surface area (Å²) in [4.78, 5) is 5.91. The van der Waals surface area contributed by atoms with Gasteiger partial charge in [0.05, 0.1) is 12.4 Å². The molecular weight excluding hydrogens is 634 g/mol. The van der Waals surface area contributed by atoms with Crippen LogP contribution in [0.2, 0.25) is 0 Å². The maximum Gasteiger partial charge on any atom is 0.126 e. The number of oxime groups is 3. The van der Waals surface area contributed by atoms with E-state index in [1.807, 2.05) is 78.9 Å². The topological polar surface area (TPSA) is 174 Å². The van der Waals surface area contributed by atoms with Crippen molar-refractivity contribution in [3.8, 4) is 17.2 Å². The van der Waals surface area contributed by atoms with Crippen LogP contribution in [-0.4, -0.2) is 75.4 Å². The predicted octanol–water partition coefficient (Wildman–Crippen LogP) is 7.60. The highest BCUT2D eigenvalue weighted by molar-refractivity contribution is 6.12. The van der Waals surface area contributed by atoms with Crippen molar-refractivity contribution in [2.75, 3.05) is 25.0 Å². The number of benzene rings is 5. The Morgan fingerprint density at radius 3 is 1.34 bits per heavy atom. The quantitative estimate of drug-likeness (QED) is 0.0557. The molecular formula is C39H43N5O6. The highest BCUT2D eigenvalue weighted by atomic mass is 16.4. The lowest BCUT2D eigenvalue weighted by atomic mass is 10.0. The highest BCUT2D eigenvalue weighted by Crippen LogP contribution is 2.23. The van der Waals surface area contributed by atoms with E-state index in [9.17, 15) is 5.11 Å². The van der Waals surface area contributed by atoms with E-state index in [4.69, 9.17) is 25.8 Å². The molecule has 0 fully saturated rings. The van der Waals surface area contributed by atoms with Crippen LogP contribution in [0, 0.1) is 0 Å². The minimum atomic E-state index is 0.111. The summed E-state index contributed by atoms with van der Waals surface area (Å²) in [6, 6.07) is 38.2. The molecule has 0 radical (unpaired) electrons. The van der Waals surface area contributed by atoms with Gasteiger partial charge >= 0.3 is 0 Å². The molecule has 5 aromatic carbocycles. The van der Waals surface area contributed by atoms with Crippen LogP contribution in [0.25, 0.3) is 0 Å². The van der Waals surface area contributed by atoms with E-state index in [0.717, 1.165) is 35.5 Å². The van der Waals surface area contributed by atoms with Crippen LogP contribution in [0.5, 0.6) is 17.2 Å². The summed E-state index contributed by atoms with van der Waals surface area (Å²) in [5.74, 6) is 0.505. The fourth-order valence-electron chi connectivity index (χ4n) is 4.36. The molecule has 0 saturated heterocycles. The molecule has 0 atom stereocenters.